The first-order valence-electron chi connectivity index (χ1n) is 4.38. The molecule has 0 aliphatic heterocycles. The molecule has 0 atom stereocenters. The van der Waals surface area contributed by atoms with Gasteiger partial charge in [-0.1, -0.05) is 13.8 Å². The molecule has 3 nitrogen and oxygen atoms in total. The standard InChI is InChI=1S/C9H14N2OS/c1-4-10-8(12)7-5-13-9(11-7)6(2)3/h5-6H,4H2,1-3H3,(H,10,12). The zero-order valence-corrected chi connectivity index (χ0v) is 8.94. The Morgan fingerprint density at radius 3 is 2.85 bits per heavy atom. The van der Waals surface area contributed by atoms with Gasteiger partial charge < -0.3 is 5.32 Å². The van der Waals surface area contributed by atoms with Gasteiger partial charge in [-0.05, 0) is 6.92 Å². The minimum absolute atomic E-state index is 0.0781. The number of amides is 1. The topological polar surface area (TPSA) is 42.0 Å². The van der Waals surface area contributed by atoms with E-state index in [1.54, 1.807) is 5.38 Å². The Hall–Kier alpha value is -0.900. The molecule has 0 saturated carbocycles. The molecule has 0 fully saturated rings. The highest BCUT2D eigenvalue weighted by atomic mass is 32.1. The first kappa shape index (κ1) is 10.2. The summed E-state index contributed by atoms with van der Waals surface area (Å²) in [5.41, 5.74) is 0.538. The van der Waals surface area contributed by atoms with Crippen LogP contribution in [0.3, 0.4) is 0 Å². The second-order valence-electron chi connectivity index (χ2n) is 3.09. The normalized spacial score (nSPS) is 10.5. The molecule has 0 aliphatic carbocycles. The van der Waals surface area contributed by atoms with E-state index in [-0.39, 0.29) is 5.91 Å². The number of hydrogen-bond donors (Lipinski definition) is 1. The summed E-state index contributed by atoms with van der Waals surface area (Å²) in [5.74, 6) is 0.318. The van der Waals surface area contributed by atoms with Gasteiger partial charge in [0.05, 0.1) is 5.01 Å². The van der Waals surface area contributed by atoms with E-state index in [1.165, 1.54) is 11.3 Å². The summed E-state index contributed by atoms with van der Waals surface area (Å²) in [6.45, 7) is 6.68. The predicted octanol–water partition coefficient (Wildman–Crippen LogP) is 2.02. The minimum Gasteiger partial charge on any atom is -0.351 e. The fourth-order valence-electron chi connectivity index (χ4n) is 0.908. The van der Waals surface area contributed by atoms with Gasteiger partial charge in [0, 0.05) is 17.8 Å². The maximum absolute atomic E-state index is 11.3. The number of nitrogens with zero attached hydrogens (tertiary/aromatic N) is 1. The van der Waals surface area contributed by atoms with E-state index in [9.17, 15) is 4.79 Å². The molecule has 0 aromatic carbocycles. The number of thiazole rings is 1. The number of carbonyl (C=O) groups is 1. The molecule has 0 saturated heterocycles. The maximum atomic E-state index is 11.3. The van der Waals surface area contributed by atoms with E-state index in [0.717, 1.165) is 5.01 Å². The summed E-state index contributed by atoms with van der Waals surface area (Å²) >= 11 is 1.54. The Morgan fingerprint density at radius 2 is 2.38 bits per heavy atom. The third kappa shape index (κ3) is 2.52. The van der Waals surface area contributed by atoms with Gasteiger partial charge in [0.1, 0.15) is 5.69 Å². The molecule has 13 heavy (non-hydrogen) atoms. The van der Waals surface area contributed by atoms with E-state index in [4.69, 9.17) is 0 Å². The summed E-state index contributed by atoms with van der Waals surface area (Å²) in [5, 5.41) is 5.54. The Bertz CT molecular complexity index is 294. The molecule has 0 aliphatic rings. The first-order chi connectivity index (χ1) is 6.15. The van der Waals surface area contributed by atoms with Crippen molar-refractivity contribution in [2.45, 2.75) is 26.7 Å². The quantitative estimate of drug-likeness (QED) is 0.807. The molecule has 4 heteroatoms. The largest absolute Gasteiger partial charge is 0.351 e. The maximum Gasteiger partial charge on any atom is 0.270 e. The molecule has 1 aromatic heterocycles. The molecule has 1 amide bonds. The highest BCUT2D eigenvalue weighted by molar-refractivity contribution is 7.09. The van der Waals surface area contributed by atoms with Gasteiger partial charge in [-0.25, -0.2) is 4.98 Å². The predicted molar refractivity (Wildman–Crippen MR) is 54.2 cm³/mol. The lowest BCUT2D eigenvalue weighted by Gasteiger charge is -1.98. The summed E-state index contributed by atoms with van der Waals surface area (Å²) in [4.78, 5) is 15.5. The number of hydrogen-bond acceptors (Lipinski definition) is 3. The summed E-state index contributed by atoms with van der Waals surface area (Å²) < 4.78 is 0. The third-order valence-corrected chi connectivity index (χ3v) is 2.73. The van der Waals surface area contributed by atoms with Crippen LogP contribution in [0.4, 0.5) is 0 Å². The van der Waals surface area contributed by atoms with Crippen molar-refractivity contribution in [3.8, 4) is 0 Å². The molecule has 1 N–H and O–H groups in total. The van der Waals surface area contributed by atoms with E-state index >= 15 is 0 Å². The summed E-state index contributed by atoms with van der Waals surface area (Å²) in [7, 11) is 0. The second kappa shape index (κ2) is 4.37. The molecule has 1 rings (SSSR count). The van der Waals surface area contributed by atoms with Crippen LogP contribution < -0.4 is 5.32 Å². The minimum atomic E-state index is -0.0781. The van der Waals surface area contributed by atoms with Gasteiger partial charge in [0.25, 0.3) is 5.91 Å². The zero-order valence-electron chi connectivity index (χ0n) is 8.13. The van der Waals surface area contributed by atoms with Crippen LogP contribution in [0.5, 0.6) is 0 Å². The first-order valence-corrected chi connectivity index (χ1v) is 5.26. The SMILES string of the molecule is CCNC(=O)c1csc(C(C)C)n1. The average molecular weight is 198 g/mol. The number of rotatable bonds is 3. The summed E-state index contributed by atoms with van der Waals surface area (Å²) in [6, 6.07) is 0. The van der Waals surface area contributed by atoms with E-state index in [1.807, 2.05) is 6.92 Å². The number of aromatic nitrogens is 1. The lowest BCUT2D eigenvalue weighted by molar-refractivity contribution is 0.0951. The van der Waals surface area contributed by atoms with Crippen molar-refractivity contribution in [3.63, 3.8) is 0 Å². The van der Waals surface area contributed by atoms with Crippen molar-refractivity contribution in [2.24, 2.45) is 0 Å². The zero-order chi connectivity index (χ0) is 9.84. The Balaban J connectivity index is 2.73. The molecule has 1 heterocycles. The van der Waals surface area contributed by atoms with Crippen molar-refractivity contribution < 1.29 is 4.79 Å². The fourth-order valence-corrected chi connectivity index (χ4v) is 1.72. The highest BCUT2D eigenvalue weighted by Gasteiger charge is 2.10. The third-order valence-electron chi connectivity index (χ3n) is 1.59. The van der Waals surface area contributed by atoms with Crippen LogP contribution in [0.1, 0.15) is 42.2 Å². The lowest BCUT2D eigenvalue weighted by atomic mass is 10.2. The molecule has 1 aromatic rings. The lowest BCUT2D eigenvalue weighted by Crippen LogP contribution is -2.22. The van der Waals surface area contributed by atoms with Crippen LogP contribution >= 0.6 is 11.3 Å². The molecule has 0 spiro atoms. The summed E-state index contributed by atoms with van der Waals surface area (Å²) in [6.07, 6.45) is 0. The van der Waals surface area contributed by atoms with E-state index in [0.29, 0.717) is 18.2 Å². The smallest absolute Gasteiger partial charge is 0.270 e. The molecule has 0 unspecified atom stereocenters. The van der Waals surface area contributed by atoms with Gasteiger partial charge >= 0.3 is 0 Å². The highest BCUT2D eigenvalue weighted by Crippen LogP contribution is 2.18. The van der Waals surface area contributed by atoms with Gasteiger partial charge in [-0.15, -0.1) is 11.3 Å². The molecular weight excluding hydrogens is 184 g/mol. The van der Waals surface area contributed by atoms with Crippen LogP contribution in [0.2, 0.25) is 0 Å². The van der Waals surface area contributed by atoms with Gasteiger partial charge in [0.2, 0.25) is 0 Å². The van der Waals surface area contributed by atoms with Crippen molar-refractivity contribution in [3.05, 3.63) is 16.1 Å². The van der Waals surface area contributed by atoms with Crippen LogP contribution in [-0.4, -0.2) is 17.4 Å². The fraction of sp³-hybridized carbons (Fsp3) is 0.556. The Labute approximate surface area is 82.2 Å². The van der Waals surface area contributed by atoms with Gasteiger partial charge in [-0.2, -0.15) is 0 Å². The van der Waals surface area contributed by atoms with Crippen LogP contribution in [0, 0.1) is 0 Å². The number of nitrogens with one attached hydrogen (secondary N) is 1. The molecule has 72 valence electrons. The molecule has 0 radical (unpaired) electrons. The molecule has 0 bridgehead atoms. The Morgan fingerprint density at radius 1 is 1.69 bits per heavy atom. The van der Waals surface area contributed by atoms with Crippen LogP contribution in [0.15, 0.2) is 5.38 Å². The van der Waals surface area contributed by atoms with Crippen molar-refractivity contribution >= 4 is 17.2 Å². The van der Waals surface area contributed by atoms with Crippen molar-refractivity contribution in [1.29, 1.82) is 0 Å². The molecular formula is C9H14N2OS. The van der Waals surface area contributed by atoms with Crippen LogP contribution in [-0.2, 0) is 0 Å². The monoisotopic (exact) mass is 198 g/mol. The van der Waals surface area contributed by atoms with E-state index < -0.39 is 0 Å². The van der Waals surface area contributed by atoms with Crippen molar-refractivity contribution in [2.75, 3.05) is 6.54 Å². The number of carbonyl (C=O) groups excluding carboxylic acids is 1. The van der Waals surface area contributed by atoms with Crippen LogP contribution in [0.25, 0.3) is 0 Å². The second-order valence-corrected chi connectivity index (χ2v) is 3.97. The van der Waals surface area contributed by atoms with Crippen molar-refractivity contribution in [1.82, 2.24) is 10.3 Å². The van der Waals surface area contributed by atoms with Gasteiger partial charge in [-0.3, -0.25) is 4.79 Å². The Kier molecular flexibility index (Phi) is 3.42. The average Bonchev–Trinajstić information content (AvgIpc) is 2.52. The van der Waals surface area contributed by atoms with Gasteiger partial charge in [0.15, 0.2) is 0 Å². The van der Waals surface area contributed by atoms with E-state index in [2.05, 4.69) is 24.1 Å².